The number of nitriles is 1. The van der Waals surface area contributed by atoms with Gasteiger partial charge in [-0.05, 0) is 66.5 Å². The van der Waals surface area contributed by atoms with Crippen molar-refractivity contribution in [2.75, 3.05) is 13.7 Å². The lowest BCUT2D eigenvalue weighted by atomic mass is 10.00. The highest BCUT2D eigenvalue weighted by atomic mass is 19.1. The second kappa shape index (κ2) is 10.9. The normalized spacial score (nSPS) is 11.2. The van der Waals surface area contributed by atoms with E-state index in [1.54, 1.807) is 43.5 Å². The van der Waals surface area contributed by atoms with Crippen molar-refractivity contribution in [1.82, 2.24) is 0 Å². The number of fused-ring (bicyclic) bond motifs is 1. The lowest BCUT2D eigenvalue weighted by Gasteiger charge is -2.14. The molecule has 182 valence electrons. The first-order chi connectivity index (χ1) is 17.4. The van der Waals surface area contributed by atoms with Crippen molar-refractivity contribution in [2.24, 2.45) is 5.92 Å². The summed E-state index contributed by atoms with van der Waals surface area (Å²) in [5.41, 5.74) is 1.97. The van der Waals surface area contributed by atoms with Gasteiger partial charge in [0.2, 0.25) is 5.43 Å². The lowest BCUT2D eigenvalue weighted by molar-refractivity contribution is 0.272. The van der Waals surface area contributed by atoms with E-state index in [0.29, 0.717) is 40.9 Å². The van der Waals surface area contributed by atoms with Crippen LogP contribution in [0.5, 0.6) is 11.5 Å². The molecule has 0 bridgehead atoms. The summed E-state index contributed by atoms with van der Waals surface area (Å²) in [5, 5.41) is 9.29. The zero-order chi connectivity index (χ0) is 25.7. The molecule has 0 saturated carbocycles. The molecule has 0 N–H and O–H groups in total. The van der Waals surface area contributed by atoms with E-state index >= 15 is 0 Å². The molecule has 1 heterocycles. The maximum Gasteiger partial charge on any atom is 0.201 e. The number of ether oxygens (including phenoxy) is 2. The van der Waals surface area contributed by atoms with Gasteiger partial charge in [-0.3, -0.25) is 4.79 Å². The van der Waals surface area contributed by atoms with Gasteiger partial charge in [0.25, 0.3) is 0 Å². The molecule has 4 rings (SSSR count). The van der Waals surface area contributed by atoms with Gasteiger partial charge in [0, 0.05) is 5.56 Å². The molecular weight excluding hydrogens is 457 g/mol. The van der Waals surface area contributed by atoms with Crippen LogP contribution in [0.2, 0.25) is 0 Å². The van der Waals surface area contributed by atoms with Crippen LogP contribution in [0, 0.1) is 23.1 Å². The molecule has 3 aromatic carbocycles. The fourth-order valence-corrected chi connectivity index (χ4v) is 3.83. The molecule has 6 heteroatoms. The topological polar surface area (TPSA) is 72.5 Å². The summed E-state index contributed by atoms with van der Waals surface area (Å²) in [6, 6.07) is 18.1. The molecule has 1 aromatic heterocycles. The Morgan fingerprint density at radius 2 is 1.86 bits per heavy atom. The molecule has 0 radical (unpaired) electrons. The van der Waals surface area contributed by atoms with Gasteiger partial charge in [0.15, 0.2) is 11.5 Å². The highest BCUT2D eigenvalue weighted by Crippen LogP contribution is 2.34. The number of hydrogen-bond donors (Lipinski definition) is 0. The highest BCUT2D eigenvalue weighted by Gasteiger charge is 2.16. The van der Waals surface area contributed by atoms with E-state index in [2.05, 4.69) is 19.9 Å². The minimum absolute atomic E-state index is 0.144. The molecule has 0 aliphatic rings. The first-order valence-corrected chi connectivity index (χ1v) is 11.7. The fourth-order valence-electron chi connectivity index (χ4n) is 3.83. The minimum Gasteiger partial charge on any atom is -0.493 e. The van der Waals surface area contributed by atoms with Crippen LogP contribution in [0.15, 0.2) is 69.9 Å². The first kappa shape index (κ1) is 24.7. The molecule has 0 fully saturated rings. The number of nitrogens with zero attached hydrogens (tertiary/aromatic N) is 1. The number of rotatable bonds is 8. The van der Waals surface area contributed by atoms with Crippen LogP contribution in [0.3, 0.4) is 0 Å². The van der Waals surface area contributed by atoms with Crippen molar-refractivity contribution >= 4 is 23.1 Å². The summed E-state index contributed by atoms with van der Waals surface area (Å²) in [5.74, 6) is 1.47. The Morgan fingerprint density at radius 3 is 2.56 bits per heavy atom. The monoisotopic (exact) mass is 483 g/mol. The smallest absolute Gasteiger partial charge is 0.201 e. The third kappa shape index (κ3) is 5.31. The molecule has 0 amide bonds. The average Bonchev–Trinajstić information content (AvgIpc) is 2.88. The van der Waals surface area contributed by atoms with Gasteiger partial charge >= 0.3 is 0 Å². The van der Waals surface area contributed by atoms with E-state index in [0.717, 1.165) is 12.0 Å². The Balaban J connectivity index is 1.85. The Labute approximate surface area is 209 Å². The molecule has 0 aliphatic heterocycles. The van der Waals surface area contributed by atoms with Crippen LogP contribution in [0.1, 0.15) is 37.2 Å². The number of hydrogen-bond acceptors (Lipinski definition) is 5. The maximum absolute atomic E-state index is 13.9. The third-order valence-electron chi connectivity index (χ3n) is 5.77. The van der Waals surface area contributed by atoms with Gasteiger partial charge in [-0.2, -0.15) is 5.26 Å². The van der Waals surface area contributed by atoms with Gasteiger partial charge in [0.05, 0.1) is 36.3 Å². The summed E-state index contributed by atoms with van der Waals surface area (Å²) in [7, 11) is 1.59. The second-order valence-corrected chi connectivity index (χ2v) is 8.74. The number of methoxy groups -OCH3 is 1. The number of benzene rings is 3. The van der Waals surface area contributed by atoms with E-state index in [4.69, 9.17) is 19.2 Å². The number of para-hydroxylation sites is 1. The van der Waals surface area contributed by atoms with Crippen molar-refractivity contribution in [2.45, 2.75) is 20.3 Å². The van der Waals surface area contributed by atoms with Gasteiger partial charge in [-0.25, -0.2) is 4.39 Å². The van der Waals surface area contributed by atoms with Crippen molar-refractivity contribution < 1.29 is 18.3 Å². The zero-order valence-electron chi connectivity index (χ0n) is 20.4. The summed E-state index contributed by atoms with van der Waals surface area (Å²) >= 11 is 0. The van der Waals surface area contributed by atoms with E-state index < -0.39 is 5.82 Å². The van der Waals surface area contributed by atoms with Gasteiger partial charge < -0.3 is 13.9 Å². The second-order valence-electron chi connectivity index (χ2n) is 8.74. The molecule has 0 unspecified atom stereocenters. The predicted molar refractivity (Wildman–Crippen MR) is 139 cm³/mol. The summed E-state index contributed by atoms with van der Waals surface area (Å²) in [6.45, 7) is 4.79. The SMILES string of the molecule is COc1cccc(C=Cc2oc3ccc(F)cc3c(=O)c2-c2ccc(C#N)cc2)c1OCCC(C)C. The van der Waals surface area contributed by atoms with Crippen molar-refractivity contribution in [3.05, 3.63) is 93.6 Å². The van der Waals surface area contributed by atoms with Crippen LogP contribution in [0.4, 0.5) is 4.39 Å². The molecule has 0 atom stereocenters. The highest BCUT2D eigenvalue weighted by molar-refractivity contribution is 5.87. The van der Waals surface area contributed by atoms with Gasteiger partial charge in [-0.1, -0.05) is 38.1 Å². The average molecular weight is 484 g/mol. The quantitative estimate of drug-likeness (QED) is 0.268. The Kier molecular flexibility index (Phi) is 7.50. The first-order valence-electron chi connectivity index (χ1n) is 11.7. The van der Waals surface area contributed by atoms with Gasteiger partial charge in [0.1, 0.15) is 17.2 Å². The van der Waals surface area contributed by atoms with Crippen molar-refractivity contribution in [3.63, 3.8) is 0 Å². The molecule has 0 aliphatic carbocycles. The van der Waals surface area contributed by atoms with Crippen LogP contribution < -0.4 is 14.9 Å². The lowest BCUT2D eigenvalue weighted by Crippen LogP contribution is -2.08. The van der Waals surface area contributed by atoms with Crippen LogP contribution in [0.25, 0.3) is 34.2 Å². The minimum atomic E-state index is -0.525. The molecule has 0 spiro atoms. The van der Waals surface area contributed by atoms with Crippen LogP contribution in [-0.2, 0) is 0 Å². The Hall–Kier alpha value is -4.37. The fraction of sp³-hybridized carbons (Fsp3) is 0.200. The van der Waals surface area contributed by atoms with E-state index in [9.17, 15) is 9.18 Å². The summed E-state index contributed by atoms with van der Waals surface area (Å²) in [4.78, 5) is 13.5. The zero-order valence-corrected chi connectivity index (χ0v) is 20.4. The largest absolute Gasteiger partial charge is 0.493 e. The van der Waals surface area contributed by atoms with E-state index in [1.165, 1.54) is 18.2 Å². The molecule has 36 heavy (non-hydrogen) atoms. The van der Waals surface area contributed by atoms with Gasteiger partial charge in [-0.15, -0.1) is 0 Å². The van der Waals surface area contributed by atoms with Crippen LogP contribution in [-0.4, -0.2) is 13.7 Å². The standard InChI is InChI=1S/C30H26FNO4/c1-19(2)15-16-35-30-22(5-4-6-27(30)34-3)11-13-26-28(21-9-7-20(18-32)8-10-21)29(33)24-17-23(31)12-14-25(24)36-26/h4-14,17,19H,15-16H2,1-3H3. The van der Waals surface area contributed by atoms with E-state index in [1.807, 2.05) is 18.2 Å². The Morgan fingerprint density at radius 1 is 1.08 bits per heavy atom. The molecule has 5 nitrogen and oxygen atoms in total. The van der Waals surface area contributed by atoms with E-state index in [-0.39, 0.29) is 22.0 Å². The number of halogens is 1. The Bertz CT molecular complexity index is 1510. The summed E-state index contributed by atoms with van der Waals surface area (Å²) in [6.07, 6.45) is 4.38. The maximum atomic E-state index is 13.9. The molecule has 0 saturated heterocycles. The van der Waals surface area contributed by atoms with Crippen molar-refractivity contribution in [1.29, 1.82) is 5.26 Å². The van der Waals surface area contributed by atoms with Crippen molar-refractivity contribution in [3.8, 4) is 28.7 Å². The predicted octanol–water partition coefficient (Wildman–Crippen LogP) is 7.07. The summed E-state index contributed by atoms with van der Waals surface area (Å²) < 4.78 is 31.6. The molecular formula is C30H26FNO4. The van der Waals surface area contributed by atoms with Crippen LogP contribution >= 0.6 is 0 Å². The molecule has 4 aromatic rings. The third-order valence-corrected chi connectivity index (χ3v) is 5.77.